The van der Waals surface area contributed by atoms with E-state index in [0.717, 1.165) is 24.5 Å². The monoisotopic (exact) mass is 354 g/mol. The maximum absolute atomic E-state index is 12.2. The van der Waals surface area contributed by atoms with Crippen LogP contribution in [0.4, 0.5) is 0 Å². The van der Waals surface area contributed by atoms with Gasteiger partial charge in [0.05, 0.1) is 25.7 Å². The van der Waals surface area contributed by atoms with Gasteiger partial charge in [-0.15, -0.1) is 0 Å². The molecule has 0 aromatic heterocycles. The summed E-state index contributed by atoms with van der Waals surface area (Å²) >= 11 is 0. The molecule has 0 amide bonds. The molecule has 0 fully saturated rings. The Balaban J connectivity index is 3.83. The molecular weight excluding hydrogens is 336 g/mol. The highest BCUT2D eigenvalue weighted by Crippen LogP contribution is 2.25. The molecule has 1 aromatic carbocycles. The highest BCUT2D eigenvalue weighted by Gasteiger charge is 2.25. The third-order valence-electron chi connectivity index (χ3n) is 2.97. The van der Waals surface area contributed by atoms with Gasteiger partial charge in [0.2, 0.25) is 0 Å². The van der Waals surface area contributed by atoms with Crippen LogP contribution in [0, 0.1) is 0 Å². The topological polar surface area (TPSA) is 102 Å². The third kappa shape index (κ3) is 3.83. The number of benzene rings is 1. The molecule has 0 spiro atoms. The summed E-state index contributed by atoms with van der Waals surface area (Å²) < 4.78 is 71.6. The second-order valence-corrected chi connectivity index (χ2v) is 11.7. The molecule has 0 radical (unpaired) electrons. The Bertz CT molecular complexity index is 846. The Morgan fingerprint density at radius 2 is 1.29 bits per heavy atom. The Morgan fingerprint density at radius 1 is 0.857 bits per heavy atom. The Labute approximate surface area is 125 Å². The molecule has 0 aliphatic heterocycles. The van der Waals surface area contributed by atoms with Gasteiger partial charge in [-0.3, -0.25) is 0 Å². The van der Waals surface area contributed by atoms with Crippen molar-refractivity contribution in [3.63, 3.8) is 0 Å². The molecule has 0 heterocycles. The molecule has 0 bridgehead atoms. The predicted octanol–water partition coefficient (Wildman–Crippen LogP) is 1.07. The summed E-state index contributed by atoms with van der Waals surface area (Å²) in [6.07, 6.45) is 0.899. The highest BCUT2D eigenvalue weighted by atomic mass is 32.2. The fraction of sp³-hybridized carbons (Fsp3) is 0.500. The Hall–Kier alpha value is -0.930. The maximum atomic E-state index is 12.2. The van der Waals surface area contributed by atoms with Crippen LogP contribution < -0.4 is 0 Å². The van der Waals surface area contributed by atoms with E-state index in [-0.39, 0.29) is 20.4 Å². The average Bonchev–Trinajstić information content (AvgIpc) is 2.36. The summed E-state index contributed by atoms with van der Waals surface area (Å²) in [6.45, 7) is 4.28. The van der Waals surface area contributed by atoms with Gasteiger partial charge < -0.3 is 0 Å². The minimum absolute atomic E-state index is 0.249. The van der Waals surface area contributed by atoms with Crippen molar-refractivity contribution in [3.05, 3.63) is 18.2 Å². The van der Waals surface area contributed by atoms with Gasteiger partial charge in [-0.05, 0) is 32.0 Å². The van der Waals surface area contributed by atoms with Gasteiger partial charge in [0.1, 0.15) is 0 Å². The van der Waals surface area contributed by atoms with E-state index >= 15 is 0 Å². The second-order valence-electron chi connectivity index (χ2n) is 4.91. The van der Waals surface area contributed by atoms with Crippen LogP contribution in [-0.4, -0.2) is 42.5 Å². The van der Waals surface area contributed by atoms with Gasteiger partial charge in [0.15, 0.2) is 29.5 Å². The van der Waals surface area contributed by atoms with Crippen molar-refractivity contribution in [2.24, 2.45) is 0 Å². The zero-order chi connectivity index (χ0) is 16.6. The van der Waals surface area contributed by atoms with Crippen LogP contribution in [0.25, 0.3) is 0 Å². The van der Waals surface area contributed by atoms with Gasteiger partial charge in [0, 0.05) is 6.26 Å². The molecule has 0 unspecified atom stereocenters. The molecule has 0 saturated carbocycles. The quantitative estimate of drug-likeness (QED) is 0.783. The largest absolute Gasteiger partial charge is 0.224 e. The average molecular weight is 354 g/mol. The first-order valence-corrected chi connectivity index (χ1v) is 11.2. The molecule has 9 heteroatoms. The van der Waals surface area contributed by atoms with Crippen molar-refractivity contribution in [1.82, 2.24) is 0 Å². The molecular formula is C12H18O6S3. The minimum Gasteiger partial charge on any atom is -0.224 e. The lowest BCUT2D eigenvalue weighted by Gasteiger charge is -2.12. The van der Waals surface area contributed by atoms with Crippen molar-refractivity contribution >= 4 is 29.5 Å². The van der Waals surface area contributed by atoms with Crippen LogP contribution in [-0.2, 0) is 29.5 Å². The summed E-state index contributed by atoms with van der Waals surface area (Å²) in [7, 11) is -11.2. The molecule has 0 atom stereocenters. The van der Waals surface area contributed by atoms with Gasteiger partial charge >= 0.3 is 0 Å². The zero-order valence-corrected chi connectivity index (χ0v) is 14.6. The van der Waals surface area contributed by atoms with E-state index < -0.39 is 34.8 Å². The van der Waals surface area contributed by atoms with Crippen molar-refractivity contribution in [1.29, 1.82) is 0 Å². The first kappa shape index (κ1) is 18.1. The van der Waals surface area contributed by atoms with E-state index in [1.165, 1.54) is 20.8 Å². The maximum Gasteiger partial charge on any atom is 0.180 e. The fourth-order valence-electron chi connectivity index (χ4n) is 1.54. The molecule has 1 rings (SSSR count). The van der Waals surface area contributed by atoms with Gasteiger partial charge in [-0.1, -0.05) is 6.92 Å². The molecule has 120 valence electrons. The third-order valence-corrected chi connectivity index (χ3v) is 7.91. The summed E-state index contributed by atoms with van der Waals surface area (Å²) in [5.74, 6) is -0.249. The lowest BCUT2D eigenvalue weighted by molar-refractivity contribution is 0.586. The first-order chi connectivity index (χ1) is 9.32. The number of hydrogen-bond donors (Lipinski definition) is 0. The van der Waals surface area contributed by atoms with Crippen LogP contribution in [0.1, 0.15) is 20.8 Å². The van der Waals surface area contributed by atoms with E-state index in [4.69, 9.17) is 0 Å². The van der Waals surface area contributed by atoms with E-state index in [9.17, 15) is 25.3 Å². The first-order valence-electron chi connectivity index (χ1n) is 6.14. The standard InChI is InChI=1S/C12H18O6S3/c1-5-20(15,16)11-6-10(19(4,13)14)7-12(8-11)21(17,18)9(2)3/h6-9H,5H2,1-4H3. The van der Waals surface area contributed by atoms with Gasteiger partial charge in [0.25, 0.3) is 0 Å². The van der Waals surface area contributed by atoms with Crippen LogP contribution >= 0.6 is 0 Å². The highest BCUT2D eigenvalue weighted by molar-refractivity contribution is 7.93. The van der Waals surface area contributed by atoms with Crippen molar-refractivity contribution in [2.75, 3.05) is 12.0 Å². The smallest absolute Gasteiger partial charge is 0.180 e. The van der Waals surface area contributed by atoms with Crippen LogP contribution in [0.15, 0.2) is 32.9 Å². The normalized spacial score (nSPS) is 13.6. The minimum atomic E-state index is -3.78. The predicted molar refractivity (Wildman–Crippen MR) is 79.6 cm³/mol. The van der Waals surface area contributed by atoms with Crippen LogP contribution in [0.5, 0.6) is 0 Å². The van der Waals surface area contributed by atoms with E-state index in [1.807, 2.05) is 0 Å². The molecule has 21 heavy (non-hydrogen) atoms. The van der Waals surface area contributed by atoms with Crippen molar-refractivity contribution in [2.45, 2.75) is 40.7 Å². The summed E-state index contributed by atoms with van der Waals surface area (Å²) in [5.41, 5.74) is 0. The lowest BCUT2D eigenvalue weighted by atomic mass is 10.4. The molecule has 6 nitrogen and oxygen atoms in total. The number of hydrogen-bond acceptors (Lipinski definition) is 6. The number of rotatable bonds is 5. The lowest BCUT2D eigenvalue weighted by Crippen LogP contribution is -2.16. The fourth-order valence-corrected chi connectivity index (χ4v) is 4.52. The van der Waals surface area contributed by atoms with Crippen LogP contribution in [0.3, 0.4) is 0 Å². The Morgan fingerprint density at radius 3 is 1.67 bits per heavy atom. The second kappa shape index (κ2) is 5.69. The zero-order valence-electron chi connectivity index (χ0n) is 12.2. The molecule has 1 aromatic rings. The summed E-state index contributed by atoms with van der Waals surface area (Å²) in [6, 6.07) is 3.01. The van der Waals surface area contributed by atoms with Crippen molar-refractivity contribution < 1.29 is 25.3 Å². The molecule has 0 saturated heterocycles. The summed E-state index contributed by atoms with van der Waals surface area (Å²) in [5, 5.41) is -0.788. The van der Waals surface area contributed by atoms with E-state index in [0.29, 0.717) is 0 Å². The molecule has 0 N–H and O–H groups in total. The van der Waals surface area contributed by atoms with Crippen molar-refractivity contribution in [3.8, 4) is 0 Å². The number of sulfone groups is 3. The van der Waals surface area contributed by atoms with E-state index in [2.05, 4.69) is 0 Å². The summed E-state index contributed by atoms with van der Waals surface area (Å²) in [4.78, 5) is -0.921. The van der Waals surface area contributed by atoms with Gasteiger partial charge in [-0.2, -0.15) is 0 Å². The van der Waals surface area contributed by atoms with E-state index in [1.54, 1.807) is 0 Å². The van der Waals surface area contributed by atoms with Gasteiger partial charge in [-0.25, -0.2) is 25.3 Å². The molecule has 0 aliphatic carbocycles. The van der Waals surface area contributed by atoms with Crippen LogP contribution in [0.2, 0.25) is 0 Å². The SMILES string of the molecule is CCS(=O)(=O)c1cc(S(C)(=O)=O)cc(S(=O)(=O)C(C)C)c1. The molecule has 0 aliphatic rings. The Kier molecular flexibility index (Phi) is 4.91.